The zero-order chi connectivity index (χ0) is 13.0. The predicted octanol–water partition coefficient (Wildman–Crippen LogP) is 0.834. The van der Waals surface area contributed by atoms with Crippen LogP contribution in [0.5, 0.6) is 0 Å². The van der Waals surface area contributed by atoms with E-state index in [0.717, 1.165) is 31.0 Å². The topological polar surface area (TPSA) is 57.3 Å². The maximum atomic E-state index is 11.6. The second-order valence-electron chi connectivity index (χ2n) is 4.50. The molecule has 1 saturated heterocycles. The minimum atomic E-state index is -0.0802. The van der Waals surface area contributed by atoms with Crippen LogP contribution < -0.4 is 10.6 Å². The number of nitrogens with zero attached hydrogens (tertiary/aromatic N) is 2. The fourth-order valence-electron chi connectivity index (χ4n) is 2.13. The first-order valence-electron chi connectivity index (χ1n) is 6.41. The van der Waals surface area contributed by atoms with Gasteiger partial charge in [-0.2, -0.15) is 0 Å². The summed E-state index contributed by atoms with van der Waals surface area (Å²) in [6.07, 6.45) is 1.81. The summed E-state index contributed by atoms with van der Waals surface area (Å²) in [7, 11) is 0. The molecule has 0 spiro atoms. The molecule has 98 valence electrons. The molecule has 1 unspecified atom stereocenters. The van der Waals surface area contributed by atoms with Gasteiger partial charge in [-0.25, -0.2) is 0 Å². The largest absolute Gasteiger partial charge is 0.385 e. The molecule has 0 saturated carbocycles. The highest BCUT2D eigenvalue weighted by molar-refractivity contribution is 5.81. The fourth-order valence-corrected chi connectivity index (χ4v) is 2.13. The summed E-state index contributed by atoms with van der Waals surface area (Å²) in [5, 5.41) is 6.13. The summed E-state index contributed by atoms with van der Waals surface area (Å²) in [5.74, 6) is 0.101. The van der Waals surface area contributed by atoms with Crippen molar-refractivity contribution in [2.75, 3.05) is 25.0 Å². The van der Waals surface area contributed by atoms with Crippen LogP contribution in [0.3, 0.4) is 0 Å². The highest BCUT2D eigenvalue weighted by atomic mass is 16.2. The van der Waals surface area contributed by atoms with Crippen LogP contribution in [0.2, 0.25) is 0 Å². The lowest BCUT2D eigenvalue weighted by Gasteiger charge is -2.32. The number of piperazine rings is 1. The standard InChI is InChI=1S/C13H20N4O/c1-3-14-11-4-5-15-12(8-11)9-17-7-6-16-13(18)10(17)2/h4-5,8,10H,3,6-7,9H2,1-2H3,(H,14,15)(H,16,18). The van der Waals surface area contributed by atoms with Gasteiger partial charge in [0.25, 0.3) is 0 Å². The average molecular weight is 248 g/mol. The molecule has 0 radical (unpaired) electrons. The average Bonchev–Trinajstić information content (AvgIpc) is 2.36. The van der Waals surface area contributed by atoms with Crippen molar-refractivity contribution in [1.29, 1.82) is 0 Å². The molecule has 18 heavy (non-hydrogen) atoms. The SMILES string of the molecule is CCNc1ccnc(CN2CCNC(=O)C2C)c1. The lowest BCUT2D eigenvalue weighted by Crippen LogP contribution is -2.53. The van der Waals surface area contributed by atoms with Crippen LogP contribution >= 0.6 is 0 Å². The van der Waals surface area contributed by atoms with E-state index in [4.69, 9.17) is 0 Å². The first-order chi connectivity index (χ1) is 8.70. The van der Waals surface area contributed by atoms with Gasteiger partial charge < -0.3 is 10.6 Å². The van der Waals surface area contributed by atoms with Gasteiger partial charge in [-0.3, -0.25) is 14.7 Å². The molecule has 1 fully saturated rings. The molecule has 0 aliphatic carbocycles. The third kappa shape index (κ3) is 2.98. The first-order valence-corrected chi connectivity index (χ1v) is 6.41. The van der Waals surface area contributed by atoms with Crippen molar-refractivity contribution >= 4 is 11.6 Å². The Bertz CT molecular complexity index is 421. The van der Waals surface area contributed by atoms with Gasteiger partial charge in [0.2, 0.25) is 5.91 Å². The maximum Gasteiger partial charge on any atom is 0.237 e. The Morgan fingerprint density at radius 3 is 3.22 bits per heavy atom. The molecule has 1 aromatic heterocycles. The summed E-state index contributed by atoms with van der Waals surface area (Å²) in [4.78, 5) is 18.1. The normalized spacial score (nSPS) is 20.6. The van der Waals surface area contributed by atoms with Crippen LogP contribution in [0.1, 0.15) is 19.5 Å². The summed E-state index contributed by atoms with van der Waals surface area (Å²) in [6, 6.07) is 3.92. The molecule has 0 bridgehead atoms. The Kier molecular flexibility index (Phi) is 4.15. The van der Waals surface area contributed by atoms with Gasteiger partial charge in [0.1, 0.15) is 0 Å². The Hall–Kier alpha value is -1.62. The third-order valence-electron chi connectivity index (χ3n) is 3.19. The van der Waals surface area contributed by atoms with Crippen LogP contribution in [-0.4, -0.2) is 41.5 Å². The molecule has 1 amide bonds. The number of carbonyl (C=O) groups is 1. The van der Waals surface area contributed by atoms with Gasteiger partial charge in [-0.1, -0.05) is 0 Å². The Morgan fingerprint density at radius 2 is 2.44 bits per heavy atom. The fraction of sp³-hybridized carbons (Fsp3) is 0.538. The predicted molar refractivity (Wildman–Crippen MR) is 71.3 cm³/mol. The number of aromatic nitrogens is 1. The second-order valence-corrected chi connectivity index (χ2v) is 4.50. The molecule has 1 atom stereocenters. The monoisotopic (exact) mass is 248 g/mol. The van der Waals surface area contributed by atoms with Crippen molar-refractivity contribution in [1.82, 2.24) is 15.2 Å². The van der Waals surface area contributed by atoms with Gasteiger partial charge in [0.15, 0.2) is 0 Å². The van der Waals surface area contributed by atoms with E-state index in [-0.39, 0.29) is 11.9 Å². The minimum Gasteiger partial charge on any atom is -0.385 e. The van der Waals surface area contributed by atoms with E-state index >= 15 is 0 Å². The number of hydrogen-bond donors (Lipinski definition) is 2. The first kappa shape index (κ1) is 12.8. The number of pyridine rings is 1. The lowest BCUT2D eigenvalue weighted by atomic mass is 10.2. The van der Waals surface area contributed by atoms with Crippen LogP contribution in [0.4, 0.5) is 5.69 Å². The second kappa shape index (κ2) is 5.82. The van der Waals surface area contributed by atoms with Crippen molar-refractivity contribution < 1.29 is 4.79 Å². The number of nitrogens with one attached hydrogen (secondary N) is 2. The highest BCUT2D eigenvalue weighted by Gasteiger charge is 2.25. The van der Waals surface area contributed by atoms with Gasteiger partial charge in [-0.05, 0) is 26.0 Å². The Labute approximate surface area is 108 Å². The molecular weight excluding hydrogens is 228 g/mol. The molecule has 5 heteroatoms. The van der Waals surface area contributed by atoms with Crippen LogP contribution in [0.25, 0.3) is 0 Å². The van der Waals surface area contributed by atoms with Crippen molar-refractivity contribution in [2.24, 2.45) is 0 Å². The van der Waals surface area contributed by atoms with Crippen molar-refractivity contribution in [3.8, 4) is 0 Å². The molecule has 5 nitrogen and oxygen atoms in total. The minimum absolute atomic E-state index is 0.0802. The smallest absolute Gasteiger partial charge is 0.237 e. The third-order valence-corrected chi connectivity index (χ3v) is 3.19. The molecule has 2 N–H and O–H groups in total. The van der Waals surface area contributed by atoms with E-state index in [2.05, 4.69) is 27.4 Å². The van der Waals surface area contributed by atoms with E-state index < -0.39 is 0 Å². The highest BCUT2D eigenvalue weighted by Crippen LogP contribution is 2.12. The van der Waals surface area contributed by atoms with Crippen LogP contribution in [0.15, 0.2) is 18.3 Å². The van der Waals surface area contributed by atoms with E-state index in [1.165, 1.54) is 0 Å². The summed E-state index contributed by atoms with van der Waals surface area (Å²) in [6.45, 7) is 7.20. The van der Waals surface area contributed by atoms with Gasteiger partial charge >= 0.3 is 0 Å². The van der Waals surface area contributed by atoms with E-state index in [1.807, 2.05) is 25.3 Å². The summed E-state index contributed by atoms with van der Waals surface area (Å²) >= 11 is 0. The zero-order valence-electron chi connectivity index (χ0n) is 10.9. The van der Waals surface area contributed by atoms with E-state index in [0.29, 0.717) is 6.54 Å². The van der Waals surface area contributed by atoms with Crippen molar-refractivity contribution in [3.05, 3.63) is 24.0 Å². The number of carbonyl (C=O) groups excluding carboxylic acids is 1. The van der Waals surface area contributed by atoms with E-state index in [1.54, 1.807) is 0 Å². The number of anilines is 1. The van der Waals surface area contributed by atoms with Crippen LogP contribution in [-0.2, 0) is 11.3 Å². The molecule has 0 aromatic carbocycles. The molecule has 1 aromatic rings. The Balaban J connectivity index is 2.04. The molecule has 2 rings (SSSR count). The van der Waals surface area contributed by atoms with E-state index in [9.17, 15) is 4.79 Å². The van der Waals surface area contributed by atoms with Crippen molar-refractivity contribution in [2.45, 2.75) is 26.4 Å². The lowest BCUT2D eigenvalue weighted by molar-refractivity contribution is -0.128. The van der Waals surface area contributed by atoms with Gasteiger partial charge in [0.05, 0.1) is 11.7 Å². The van der Waals surface area contributed by atoms with Gasteiger partial charge in [-0.15, -0.1) is 0 Å². The van der Waals surface area contributed by atoms with Gasteiger partial charge in [0, 0.05) is 38.1 Å². The molecule has 1 aliphatic heterocycles. The zero-order valence-corrected chi connectivity index (χ0v) is 10.9. The Morgan fingerprint density at radius 1 is 1.61 bits per heavy atom. The van der Waals surface area contributed by atoms with Crippen LogP contribution in [0, 0.1) is 0 Å². The summed E-state index contributed by atoms with van der Waals surface area (Å²) in [5.41, 5.74) is 2.08. The molecular formula is C13H20N4O. The number of hydrogen-bond acceptors (Lipinski definition) is 4. The molecule has 1 aliphatic rings. The van der Waals surface area contributed by atoms with Crippen molar-refractivity contribution in [3.63, 3.8) is 0 Å². The molecule has 2 heterocycles. The number of amides is 1. The quantitative estimate of drug-likeness (QED) is 0.829. The number of rotatable bonds is 4. The maximum absolute atomic E-state index is 11.6. The summed E-state index contributed by atoms with van der Waals surface area (Å²) < 4.78 is 0.